The maximum atomic E-state index is 13.6. The van der Waals surface area contributed by atoms with E-state index in [-0.39, 0.29) is 17.2 Å². The number of alkyl halides is 5. The molecule has 0 saturated carbocycles. The predicted octanol–water partition coefficient (Wildman–Crippen LogP) is 2.57. The molecule has 0 atom stereocenters. The molecule has 31 heavy (non-hydrogen) atoms. The van der Waals surface area contributed by atoms with E-state index in [9.17, 15) is 35.2 Å². The van der Waals surface area contributed by atoms with Crippen molar-refractivity contribution in [3.05, 3.63) is 29.6 Å². The predicted molar refractivity (Wildman–Crippen MR) is 94.2 cm³/mol. The topological polar surface area (TPSA) is 128 Å². The van der Waals surface area contributed by atoms with Crippen LogP contribution in [0.1, 0.15) is 23.0 Å². The minimum atomic E-state index is -5.91. The zero-order valence-corrected chi connectivity index (χ0v) is 16.5. The number of halogens is 5. The van der Waals surface area contributed by atoms with Gasteiger partial charge >= 0.3 is 18.1 Å². The second kappa shape index (κ2) is 7.18. The fourth-order valence-electron chi connectivity index (χ4n) is 2.62. The highest BCUT2D eigenvalue weighted by atomic mass is 32.2. The van der Waals surface area contributed by atoms with Crippen LogP contribution in [0.25, 0.3) is 22.7 Å². The van der Waals surface area contributed by atoms with Crippen molar-refractivity contribution in [1.29, 1.82) is 0 Å². The van der Waals surface area contributed by atoms with Gasteiger partial charge in [0, 0.05) is 13.2 Å². The number of carbonyl (C=O) groups is 1. The summed E-state index contributed by atoms with van der Waals surface area (Å²) in [5.41, 5.74) is -3.08. The Morgan fingerprint density at radius 1 is 1.16 bits per heavy atom. The number of aromatic carboxylic acids is 1. The molecular weight excluding hydrogens is 453 g/mol. The molecule has 3 heterocycles. The number of hydrogen-bond acceptors (Lipinski definition) is 7. The summed E-state index contributed by atoms with van der Waals surface area (Å²) >= 11 is 0. The number of hydrogen-bond donors (Lipinski definition) is 1. The lowest BCUT2D eigenvalue weighted by Gasteiger charge is -2.17. The molecule has 0 bridgehead atoms. The molecule has 3 aromatic rings. The second-order valence-corrected chi connectivity index (χ2v) is 8.53. The Bertz CT molecular complexity index is 1300. The van der Waals surface area contributed by atoms with E-state index >= 15 is 0 Å². The zero-order valence-electron chi connectivity index (χ0n) is 15.6. The number of aryl methyl sites for hydroxylation is 1. The Morgan fingerprint density at radius 2 is 1.81 bits per heavy atom. The average molecular weight is 465 g/mol. The largest absolute Gasteiger partial charge is 0.478 e. The minimum absolute atomic E-state index is 0.222. The van der Waals surface area contributed by atoms with Gasteiger partial charge in [-0.3, -0.25) is 4.98 Å². The molecule has 9 nitrogen and oxygen atoms in total. The van der Waals surface area contributed by atoms with Crippen molar-refractivity contribution in [2.75, 3.05) is 5.75 Å². The summed E-state index contributed by atoms with van der Waals surface area (Å²) in [6.07, 6.45) is -5.05. The van der Waals surface area contributed by atoms with Crippen molar-refractivity contribution < 1.29 is 40.3 Å². The molecule has 0 aliphatic heterocycles. The molecule has 0 fully saturated rings. The number of imidazole rings is 1. The van der Waals surface area contributed by atoms with Gasteiger partial charge in [0.25, 0.3) is 0 Å². The van der Waals surface area contributed by atoms with Crippen molar-refractivity contribution in [2.24, 2.45) is 7.05 Å². The molecule has 0 amide bonds. The highest BCUT2D eigenvalue weighted by molar-refractivity contribution is 7.91. The first kappa shape index (κ1) is 22.5. The smallest absolute Gasteiger partial charge is 0.459 e. The van der Waals surface area contributed by atoms with Gasteiger partial charge in [0.1, 0.15) is 16.9 Å². The van der Waals surface area contributed by atoms with Gasteiger partial charge in [0.2, 0.25) is 0 Å². The van der Waals surface area contributed by atoms with E-state index in [1.54, 1.807) is 0 Å². The Morgan fingerprint density at radius 3 is 2.35 bits per heavy atom. The van der Waals surface area contributed by atoms with E-state index < -0.39 is 55.3 Å². The van der Waals surface area contributed by atoms with Gasteiger partial charge in [0.15, 0.2) is 21.3 Å². The fraction of sp³-hybridized carbons (Fsp3) is 0.312. The number of fused-ring (bicyclic) bond motifs is 1. The number of rotatable bonds is 5. The first-order valence-corrected chi connectivity index (χ1v) is 9.97. The molecule has 0 spiro atoms. The minimum Gasteiger partial charge on any atom is -0.478 e. The number of pyridine rings is 1. The maximum absolute atomic E-state index is 13.6. The molecule has 0 aromatic carbocycles. The first-order valence-electron chi connectivity index (χ1n) is 8.32. The van der Waals surface area contributed by atoms with E-state index in [0.29, 0.717) is 6.07 Å². The van der Waals surface area contributed by atoms with E-state index in [1.807, 2.05) is 0 Å². The number of sulfone groups is 1. The molecule has 0 aliphatic rings. The fourth-order valence-corrected chi connectivity index (χ4v) is 3.67. The molecule has 15 heteroatoms. The lowest BCUT2D eigenvalue weighted by molar-refractivity contribution is -0.291. The van der Waals surface area contributed by atoms with Crippen LogP contribution in [0.15, 0.2) is 23.2 Å². The normalized spacial score (nSPS) is 13.0. The SMILES string of the molecule is CCS(=O)(=O)c1cc(C(=O)O)cnc1-c1nc2cc(C(F)(F)C(F)(F)F)nnc2n1C. The van der Waals surface area contributed by atoms with E-state index in [2.05, 4.69) is 20.2 Å². The Kier molecular flexibility index (Phi) is 5.20. The summed E-state index contributed by atoms with van der Waals surface area (Å²) in [6, 6.07) is 1.25. The molecule has 166 valence electrons. The molecule has 3 rings (SSSR count). The van der Waals surface area contributed by atoms with Crippen LogP contribution in [0.4, 0.5) is 22.0 Å². The number of nitrogens with zero attached hydrogens (tertiary/aromatic N) is 5. The standard InChI is InChI=1S/C16H12F5N5O4S/c1-3-31(29,30)9-4-7(14(27)28)6-22-11(9)13-23-8-5-10(15(17,18)16(19,20)21)24-25-12(8)26(13)2/h4-6H,3H2,1-2H3,(H,27,28). The van der Waals surface area contributed by atoms with Crippen LogP contribution in [-0.2, 0) is 22.8 Å². The molecule has 0 saturated heterocycles. The number of aromatic nitrogens is 5. The zero-order chi connectivity index (χ0) is 23.4. The van der Waals surface area contributed by atoms with Crippen molar-refractivity contribution in [2.45, 2.75) is 23.9 Å². The van der Waals surface area contributed by atoms with E-state index in [0.717, 1.165) is 16.8 Å². The van der Waals surface area contributed by atoms with Gasteiger partial charge in [-0.25, -0.2) is 18.2 Å². The van der Waals surface area contributed by atoms with Crippen molar-refractivity contribution >= 4 is 27.0 Å². The third kappa shape index (κ3) is 3.68. The van der Waals surface area contributed by atoms with Crippen molar-refractivity contribution in [3.8, 4) is 11.5 Å². The average Bonchev–Trinajstić information content (AvgIpc) is 3.02. The van der Waals surface area contributed by atoms with Crippen LogP contribution in [0.5, 0.6) is 0 Å². The van der Waals surface area contributed by atoms with Gasteiger partial charge in [-0.15, -0.1) is 10.2 Å². The van der Waals surface area contributed by atoms with Gasteiger partial charge in [-0.05, 0) is 12.1 Å². The van der Waals surface area contributed by atoms with Crippen molar-refractivity contribution in [3.63, 3.8) is 0 Å². The second-order valence-electron chi connectivity index (χ2n) is 6.28. The molecular formula is C16H12F5N5O4S. The van der Waals surface area contributed by atoms with Crippen LogP contribution in [0, 0.1) is 0 Å². The van der Waals surface area contributed by atoms with Crippen molar-refractivity contribution in [1.82, 2.24) is 24.7 Å². The van der Waals surface area contributed by atoms with Gasteiger partial charge < -0.3 is 9.67 Å². The highest BCUT2D eigenvalue weighted by Gasteiger charge is 2.60. The molecule has 0 unspecified atom stereocenters. The van der Waals surface area contributed by atoms with Crippen LogP contribution >= 0.6 is 0 Å². The Hall–Kier alpha value is -3.23. The Labute approximate surface area is 170 Å². The monoisotopic (exact) mass is 465 g/mol. The number of carboxylic acids is 1. The lowest BCUT2D eigenvalue weighted by atomic mass is 10.2. The van der Waals surface area contributed by atoms with Gasteiger partial charge in [-0.2, -0.15) is 22.0 Å². The summed E-state index contributed by atoms with van der Waals surface area (Å²) in [4.78, 5) is 18.4. The van der Waals surface area contributed by atoms with Gasteiger partial charge in [-0.1, -0.05) is 6.92 Å². The quantitative estimate of drug-likeness (QED) is 0.570. The van der Waals surface area contributed by atoms with Crippen LogP contribution in [-0.4, -0.2) is 56.2 Å². The first-order chi connectivity index (χ1) is 14.2. The third-order valence-corrected chi connectivity index (χ3v) is 6.06. The molecule has 1 N–H and O–H groups in total. The molecule has 0 aliphatic carbocycles. The summed E-state index contributed by atoms with van der Waals surface area (Å²) in [6.45, 7) is 1.30. The van der Waals surface area contributed by atoms with Crippen LogP contribution in [0.3, 0.4) is 0 Å². The lowest BCUT2D eigenvalue weighted by Crippen LogP contribution is -2.34. The number of carboxylic acid groups (broad SMARTS) is 1. The van der Waals surface area contributed by atoms with E-state index in [1.165, 1.54) is 14.0 Å². The van der Waals surface area contributed by atoms with E-state index in [4.69, 9.17) is 5.11 Å². The van der Waals surface area contributed by atoms with Crippen LogP contribution < -0.4 is 0 Å². The Balaban J connectivity index is 2.27. The summed E-state index contributed by atoms with van der Waals surface area (Å²) in [7, 11) is -2.73. The third-order valence-electron chi connectivity index (χ3n) is 4.32. The summed E-state index contributed by atoms with van der Waals surface area (Å²) in [5.74, 6) is -7.40. The van der Waals surface area contributed by atoms with Gasteiger partial charge in [0.05, 0.1) is 16.2 Å². The maximum Gasteiger partial charge on any atom is 0.459 e. The molecule has 0 radical (unpaired) electrons. The summed E-state index contributed by atoms with van der Waals surface area (Å²) in [5, 5.41) is 15.4. The highest BCUT2D eigenvalue weighted by Crippen LogP contribution is 2.43. The summed E-state index contributed by atoms with van der Waals surface area (Å²) < 4.78 is 91.1. The molecule has 3 aromatic heterocycles. The van der Waals surface area contributed by atoms with Crippen LogP contribution in [0.2, 0.25) is 0 Å².